The summed E-state index contributed by atoms with van der Waals surface area (Å²) < 4.78 is 5.22. The van der Waals surface area contributed by atoms with E-state index in [2.05, 4.69) is 33.0 Å². The van der Waals surface area contributed by atoms with Crippen LogP contribution >= 0.6 is 11.8 Å². The van der Waals surface area contributed by atoms with Crippen LogP contribution in [0.5, 0.6) is 0 Å². The van der Waals surface area contributed by atoms with Gasteiger partial charge < -0.3 is 10.1 Å². The summed E-state index contributed by atoms with van der Waals surface area (Å²) in [5.74, 6) is 3.10. The zero-order chi connectivity index (χ0) is 11.7. The molecular weight excluding hydrogens is 206 g/mol. The summed E-state index contributed by atoms with van der Waals surface area (Å²) in [5, 5.41) is 3.64. The highest BCUT2D eigenvalue weighted by atomic mass is 32.2. The van der Waals surface area contributed by atoms with Gasteiger partial charge in [0, 0.05) is 19.2 Å². The van der Waals surface area contributed by atoms with Crippen LogP contribution in [0.3, 0.4) is 0 Å². The first-order valence-electron chi connectivity index (χ1n) is 5.94. The Labute approximate surface area is 99.5 Å². The number of thioether (sulfide) groups is 1. The van der Waals surface area contributed by atoms with Crippen molar-refractivity contribution in [2.24, 2.45) is 5.92 Å². The molecule has 1 N–H and O–H groups in total. The molecule has 0 saturated heterocycles. The van der Waals surface area contributed by atoms with E-state index >= 15 is 0 Å². The summed E-state index contributed by atoms with van der Waals surface area (Å²) in [4.78, 5) is 0. The summed E-state index contributed by atoms with van der Waals surface area (Å²) >= 11 is 2.01. The summed E-state index contributed by atoms with van der Waals surface area (Å²) in [6, 6.07) is 1.07. The maximum Gasteiger partial charge on any atom is 0.0618 e. The molecule has 0 aromatic carbocycles. The fourth-order valence-corrected chi connectivity index (χ4v) is 2.27. The lowest BCUT2D eigenvalue weighted by molar-refractivity contribution is 0.141. The van der Waals surface area contributed by atoms with Gasteiger partial charge in [-0.15, -0.1) is 0 Å². The highest BCUT2D eigenvalue weighted by molar-refractivity contribution is 7.99. The Morgan fingerprint density at radius 3 is 2.40 bits per heavy atom. The van der Waals surface area contributed by atoms with Crippen molar-refractivity contribution in [3.05, 3.63) is 0 Å². The van der Waals surface area contributed by atoms with Crippen LogP contribution in [0.1, 0.15) is 34.1 Å². The average Bonchev–Trinajstić information content (AvgIpc) is 2.17. The minimum absolute atomic E-state index is 0.483. The van der Waals surface area contributed by atoms with Crippen LogP contribution in [0.4, 0.5) is 0 Å². The van der Waals surface area contributed by atoms with Crippen LogP contribution in [0.2, 0.25) is 0 Å². The van der Waals surface area contributed by atoms with Crippen molar-refractivity contribution < 1.29 is 4.74 Å². The number of hydrogen-bond donors (Lipinski definition) is 1. The standard InChI is InChI=1S/C12H27NOS/c1-6-15-8-7-11(4)13-12(9-14-5)10(2)3/h10-13H,6-9H2,1-5H3. The molecule has 0 radical (unpaired) electrons. The van der Waals surface area contributed by atoms with Crippen LogP contribution in [-0.4, -0.2) is 37.3 Å². The van der Waals surface area contributed by atoms with Crippen molar-refractivity contribution in [2.45, 2.75) is 46.2 Å². The van der Waals surface area contributed by atoms with Gasteiger partial charge in [-0.1, -0.05) is 20.8 Å². The van der Waals surface area contributed by atoms with Crippen LogP contribution in [-0.2, 0) is 4.74 Å². The molecule has 0 saturated carbocycles. The predicted octanol–water partition coefficient (Wildman–Crippen LogP) is 2.78. The van der Waals surface area contributed by atoms with Gasteiger partial charge in [0.15, 0.2) is 0 Å². The Hall–Kier alpha value is 0.270. The Bertz CT molecular complexity index is 142. The first-order chi connectivity index (χ1) is 7.11. The largest absolute Gasteiger partial charge is 0.383 e. The van der Waals surface area contributed by atoms with Crippen molar-refractivity contribution >= 4 is 11.8 Å². The number of nitrogens with one attached hydrogen (secondary N) is 1. The predicted molar refractivity (Wildman–Crippen MR) is 70.7 cm³/mol. The molecule has 92 valence electrons. The monoisotopic (exact) mass is 233 g/mol. The number of methoxy groups -OCH3 is 1. The highest BCUT2D eigenvalue weighted by Crippen LogP contribution is 2.07. The molecule has 0 aromatic rings. The van der Waals surface area contributed by atoms with E-state index in [4.69, 9.17) is 4.74 Å². The van der Waals surface area contributed by atoms with Gasteiger partial charge in [0.2, 0.25) is 0 Å². The molecule has 3 heteroatoms. The zero-order valence-corrected chi connectivity index (χ0v) is 11.7. The minimum atomic E-state index is 0.483. The van der Waals surface area contributed by atoms with E-state index < -0.39 is 0 Å². The summed E-state index contributed by atoms with van der Waals surface area (Å²) in [6.45, 7) is 9.77. The fourth-order valence-electron chi connectivity index (χ4n) is 1.47. The first-order valence-corrected chi connectivity index (χ1v) is 7.10. The van der Waals surface area contributed by atoms with Crippen LogP contribution in [0.25, 0.3) is 0 Å². The smallest absolute Gasteiger partial charge is 0.0618 e. The van der Waals surface area contributed by atoms with Crippen molar-refractivity contribution in [3.8, 4) is 0 Å². The number of ether oxygens (including phenoxy) is 1. The summed E-state index contributed by atoms with van der Waals surface area (Å²) in [7, 11) is 1.77. The summed E-state index contributed by atoms with van der Waals surface area (Å²) in [5.41, 5.74) is 0. The van der Waals surface area contributed by atoms with Crippen molar-refractivity contribution in [1.82, 2.24) is 5.32 Å². The van der Waals surface area contributed by atoms with E-state index in [9.17, 15) is 0 Å². The second-order valence-corrected chi connectivity index (χ2v) is 5.75. The lowest BCUT2D eigenvalue weighted by Crippen LogP contribution is -2.43. The molecule has 15 heavy (non-hydrogen) atoms. The molecule has 0 fully saturated rings. The third-order valence-corrected chi connectivity index (χ3v) is 3.48. The van der Waals surface area contributed by atoms with Crippen molar-refractivity contribution in [2.75, 3.05) is 25.2 Å². The Morgan fingerprint density at radius 2 is 1.93 bits per heavy atom. The van der Waals surface area contributed by atoms with E-state index in [0.29, 0.717) is 18.0 Å². The lowest BCUT2D eigenvalue weighted by Gasteiger charge is -2.25. The Balaban J connectivity index is 3.73. The molecule has 0 aromatic heterocycles. The van der Waals surface area contributed by atoms with Gasteiger partial charge in [-0.3, -0.25) is 0 Å². The van der Waals surface area contributed by atoms with E-state index in [1.54, 1.807) is 7.11 Å². The third-order valence-electron chi connectivity index (χ3n) is 2.55. The minimum Gasteiger partial charge on any atom is -0.383 e. The van der Waals surface area contributed by atoms with Crippen LogP contribution < -0.4 is 5.32 Å². The van der Waals surface area contributed by atoms with Crippen LogP contribution in [0, 0.1) is 5.92 Å². The highest BCUT2D eigenvalue weighted by Gasteiger charge is 2.15. The Morgan fingerprint density at radius 1 is 1.27 bits per heavy atom. The molecule has 0 rings (SSSR count). The molecule has 2 nitrogen and oxygen atoms in total. The van der Waals surface area contributed by atoms with E-state index in [1.807, 2.05) is 11.8 Å². The van der Waals surface area contributed by atoms with E-state index in [-0.39, 0.29) is 0 Å². The fraction of sp³-hybridized carbons (Fsp3) is 1.00. The Kier molecular flexibility index (Phi) is 9.66. The van der Waals surface area contributed by atoms with E-state index in [1.165, 1.54) is 17.9 Å². The molecule has 0 aliphatic heterocycles. The maximum absolute atomic E-state index is 5.22. The first kappa shape index (κ1) is 15.3. The van der Waals surface area contributed by atoms with Crippen molar-refractivity contribution in [1.29, 1.82) is 0 Å². The van der Waals surface area contributed by atoms with Gasteiger partial charge >= 0.3 is 0 Å². The molecule has 0 aliphatic carbocycles. The van der Waals surface area contributed by atoms with Gasteiger partial charge in [0.05, 0.1) is 6.61 Å². The molecular formula is C12H27NOS. The second-order valence-electron chi connectivity index (χ2n) is 4.36. The summed E-state index contributed by atoms with van der Waals surface area (Å²) in [6.07, 6.45) is 1.24. The number of hydrogen-bond acceptors (Lipinski definition) is 3. The van der Waals surface area contributed by atoms with Crippen molar-refractivity contribution in [3.63, 3.8) is 0 Å². The quantitative estimate of drug-likeness (QED) is 0.619. The van der Waals surface area contributed by atoms with Crippen LogP contribution in [0.15, 0.2) is 0 Å². The molecule has 0 amide bonds. The topological polar surface area (TPSA) is 21.3 Å². The maximum atomic E-state index is 5.22. The lowest BCUT2D eigenvalue weighted by atomic mass is 10.0. The van der Waals surface area contributed by atoms with Gasteiger partial charge in [0.1, 0.15) is 0 Å². The molecule has 0 heterocycles. The zero-order valence-electron chi connectivity index (χ0n) is 10.9. The number of rotatable bonds is 9. The molecule has 0 bridgehead atoms. The third kappa shape index (κ3) is 8.12. The van der Waals surface area contributed by atoms with Gasteiger partial charge in [-0.2, -0.15) is 11.8 Å². The SMILES string of the molecule is CCSCCC(C)NC(COC)C(C)C. The molecule has 2 unspecified atom stereocenters. The molecule has 2 atom stereocenters. The average molecular weight is 233 g/mol. The van der Waals surface area contributed by atoms with Gasteiger partial charge in [-0.05, 0) is 30.8 Å². The molecule has 0 spiro atoms. The van der Waals surface area contributed by atoms with Gasteiger partial charge in [0.25, 0.3) is 0 Å². The second kappa shape index (κ2) is 9.49. The normalized spacial score (nSPS) is 15.6. The van der Waals surface area contributed by atoms with Gasteiger partial charge in [-0.25, -0.2) is 0 Å². The van der Waals surface area contributed by atoms with E-state index in [0.717, 1.165) is 6.61 Å². The molecule has 0 aliphatic rings.